The highest BCUT2D eigenvalue weighted by molar-refractivity contribution is 7.19. The van der Waals surface area contributed by atoms with E-state index in [1.54, 1.807) is 6.20 Å². The van der Waals surface area contributed by atoms with Crippen LogP contribution in [0.2, 0.25) is 4.34 Å². The second-order valence-electron chi connectivity index (χ2n) is 3.42. The quantitative estimate of drug-likeness (QED) is 0.900. The SMILES string of the molecule is CC(N)Cc1cnc(-c2ccc(Cl)s2)o1. The van der Waals surface area contributed by atoms with E-state index in [0.29, 0.717) is 12.3 Å². The van der Waals surface area contributed by atoms with Gasteiger partial charge in [-0.1, -0.05) is 11.6 Å². The molecule has 0 saturated carbocycles. The van der Waals surface area contributed by atoms with Crippen molar-refractivity contribution in [1.82, 2.24) is 4.98 Å². The summed E-state index contributed by atoms with van der Waals surface area (Å²) in [7, 11) is 0. The highest BCUT2D eigenvalue weighted by Crippen LogP contribution is 2.30. The summed E-state index contributed by atoms with van der Waals surface area (Å²) in [6.45, 7) is 1.93. The van der Waals surface area contributed by atoms with Crippen LogP contribution in [0.15, 0.2) is 22.7 Å². The number of rotatable bonds is 3. The average molecular weight is 243 g/mol. The van der Waals surface area contributed by atoms with Gasteiger partial charge in [0, 0.05) is 12.5 Å². The second-order valence-corrected chi connectivity index (χ2v) is 5.13. The Kier molecular flexibility index (Phi) is 3.09. The van der Waals surface area contributed by atoms with E-state index < -0.39 is 0 Å². The first-order valence-electron chi connectivity index (χ1n) is 4.61. The van der Waals surface area contributed by atoms with Gasteiger partial charge in [0.15, 0.2) is 0 Å². The number of nitrogens with two attached hydrogens (primary N) is 1. The molecule has 0 bridgehead atoms. The molecule has 0 aliphatic rings. The standard InChI is InChI=1S/C10H11ClN2OS/c1-6(12)4-7-5-13-10(14-7)8-2-3-9(11)15-8/h2-3,5-6H,4,12H2,1H3. The Morgan fingerprint density at radius 3 is 3.00 bits per heavy atom. The van der Waals surface area contributed by atoms with Crippen LogP contribution in [0.4, 0.5) is 0 Å². The lowest BCUT2D eigenvalue weighted by Gasteiger charge is -1.98. The summed E-state index contributed by atoms with van der Waals surface area (Å²) in [5.74, 6) is 1.42. The first-order chi connectivity index (χ1) is 7.15. The van der Waals surface area contributed by atoms with E-state index in [-0.39, 0.29) is 6.04 Å². The zero-order valence-electron chi connectivity index (χ0n) is 8.24. The maximum Gasteiger partial charge on any atom is 0.236 e. The van der Waals surface area contributed by atoms with Gasteiger partial charge >= 0.3 is 0 Å². The van der Waals surface area contributed by atoms with Crippen molar-refractivity contribution in [3.8, 4) is 10.8 Å². The number of hydrogen-bond acceptors (Lipinski definition) is 4. The highest BCUT2D eigenvalue weighted by atomic mass is 35.5. The topological polar surface area (TPSA) is 52.0 Å². The lowest BCUT2D eigenvalue weighted by Crippen LogP contribution is -2.17. The van der Waals surface area contributed by atoms with Crippen LogP contribution in [0.25, 0.3) is 10.8 Å². The third-order valence-electron chi connectivity index (χ3n) is 1.86. The van der Waals surface area contributed by atoms with Crippen LogP contribution >= 0.6 is 22.9 Å². The van der Waals surface area contributed by atoms with Gasteiger partial charge in [-0.15, -0.1) is 11.3 Å². The van der Waals surface area contributed by atoms with E-state index in [1.165, 1.54) is 11.3 Å². The molecule has 0 saturated heterocycles. The first kappa shape index (κ1) is 10.7. The Morgan fingerprint density at radius 1 is 1.60 bits per heavy atom. The van der Waals surface area contributed by atoms with Crippen molar-refractivity contribution >= 4 is 22.9 Å². The van der Waals surface area contributed by atoms with Crippen LogP contribution in [0.5, 0.6) is 0 Å². The van der Waals surface area contributed by atoms with E-state index >= 15 is 0 Å². The van der Waals surface area contributed by atoms with Crippen LogP contribution < -0.4 is 5.73 Å². The maximum atomic E-state index is 5.83. The maximum absolute atomic E-state index is 5.83. The number of aromatic nitrogens is 1. The molecule has 2 aromatic rings. The van der Waals surface area contributed by atoms with Crippen molar-refractivity contribution in [3.05, 3.63) is 28.4 Å². The normalized spacial score (nSPS) is 13.0. The summed E-state index contributed by atoms with van der Waals surface area (Å²) in [4.78, 5) is 5.12. The van der Waals surface area contributed by atoms with E-state index in [9.17, 15) is 0 Å². The molecule has 2 heterocycles. The molecule has 1 atom stereocenters. The largest absolute Gasteiger partial charge is 0.440 e. The monoisotopic (exact) mass is 242 g/mol. The fourth-order valence-corrected chi connectivity index (χ4v) is 2.24. The molecule has 15 heavy (non-hydrogen) atoms. The minimum Gasteiger partial charge on any atom is -0.440 e. The van der Waals surface area contributed by atoms with Crippen molar-refractivity contribution in [3.63, 3.8) is 0 Å². The van der Waals surface area contributed by atoms with Crippen molar-refractivity contribution in [2.75, 3.05) is 0 Å². The molecule has 80 valence electrons. The molecule has 5 heteroatoms. The predicted octanol–water partition coefficient (Wildman–Crippen LogP) is 2.95. The molecular weight excluding hydrogens is 232 g/mol. The van der Waals surface area contributed by atoms with Crippen molar-refractivity contribution in [2.45, 2.75) is 19.4 Å². The average Bonchev–Trinajstić information content (AvgIpc) is 2.72. The minimum atomic E-state index is 0.0812. The first-order valence-corrected chi connectivity index (χ1v) is 5.80. The molecule has 1 unspecified atom stereocenters. The Bertz CT molecular complexity index is 450. The van der Waals surface area contributed by atoms with Gasteiger partial charge in [0.2, 0.25) is 5.89 Å². The van der Waals surface area contributed by atoms with Gasteiger partial charge in [0.1, 0.15) is 5.76 Å². The van der Waals surface area contributed by atoms with Crippen LogP contribution in [0.3, 0.4) is 0 Å². The minimum absolute atomic E-state index is 0.0812. The molecule has 2 rings (SSSR count). The Balaban J connectivity index is 2.20. The Morgan fingerprint density at radius 2 is 2.40 bits per heavy atom. The highest BCUT2D eigenvalue weighted by Gasteiger charge is 2.09. The van der Waals surface area contributed by atoms with Crippen LogP contribution in [0.1, 0.15) is 12.7 Å². The fraction of sp³-hybridized carbons (Fsp3) is 0.300. The number of oxazole rings is 1. The molecule has 0 aliphatic carbocycles. The van der Waals surface area contributed by atoms with Crippen molar-refractivity contribution in [1.29, 1.82) is 0 Å². The number of halogens is 1. The van der Waals surface area contributed by atoms with Gasteiger partial charge < -0.3 is 10.2 Å². The van der Waals surface area contributed by atoms with E-state index in [0.717, 1.165) is 15.0 Å². The van der Waals surface area contributed by atoms with Crippen LogP contribution in [-0.4, -0.2) is 11.0 Å². The third-order valence-corrected chi connectivity index (χ3v) is 3.08. The predicted molar refractivity (Wildman–Crippen MR) is 62.2 cm³/mol. The summed E-state index contributed by atoms with van der Waals surface area (Å²) in [6.07, 6.45) is 2.42. The number of nitrogens with zero attached hydrogens (tertiary/aromatic N) is 1. The van der Waals surface area contributed by atoms with Gasteiger partial charge in [0.05, 0.1) is 15.4 Å². The molecule has 0 fully saturated rings. The molecule has 0 aromatic carbocycles. The van der Waals surface area contributed by atoms with Gasteiger partial charge in [-0.05, 0) is 19.1 Å². The van der Waals surface area contributed by atoms with Gasteiger partial charge in [-0.25, -0.2) is 4.98 Å². The van der Waals surface area contributed by atoms with Crippen molar-refractivity contribution in [2.24, 2.45) is 5.73 Å². The Hall–Kier alpha value is -0.840. The number of hydrogen-bond donors (Lipinski definition) is 1. The van der Waals surface area contributed by atoms with E-state index in [2.05, 4.69) is 4.98 Å². The van der Waals surface area contributed by atoms with Crippen LogP contribution in [0, 0.1) is 0 Å². The molecule has 0 radical (unpaired) electrons. The Labute approximate surface area is 96.9 Å². The molecule has 2 aromatic heterocycles. The second kappa shape index (κ2) is 4.35. The molecule has 0 amide bonds. The number of thiophene rings is 1. The summed E-state index contributed by atoms with van der Waals surface area (Å²) in [6, 6.07) is 3.81. The molecule has 3 nitrogen and oxygen atoms in total. The van der Waals surface area contributed by atoms with Gasteiger partial charge in [0.25, 0.3) is 0 Å². The van der Waals surface area contributed by atoms with E-state index in [4.69, 9.17) is 21.8 Å². The van der Waals surface area contributed by atoms with Gasteiger partial charge in [-0.2, -0.15) is 0 Å². The summed E-state index contributed by atoms with van der Waals surface area (Å²) in [5, 5.41) is 0. The van der Waals surface area contributed by atoms with Crippen LogP contribution in [-0.2, 0) is 6.42 Å². The zero-order chi connectivity index (χ0) is 10.8. The molecule has 2 N–H and O–H groups in total. The van der Waals surface area contributed by atoms with Crippen molar-refractivity contribution < 1.29 is 4.42 Å². The molecule has 0 aliphatic heterocycles. The smallest absolute Gasteiger partial charge is 0.236 e. The van der Waals surface area contributed by atoms with Gasteiger partial charge in [-0.3, -0.25) is 0 Å². The fourth-order valence-electron chi connectivity index (χ4n) is 1.26. The summed E-state index contributed by atoms with van der Waals surface area (Å²) < 4.78 is 6.29. The molecule has 0 spiro atoms. The summed E-state index contributed by atoms with van der Waals surface area (Å²) >= 11 is 7.28. The zero-order valence-corrected chi connectivity index (χ0v) is 9.81. The summed E-state index contributed by atoms with van der Waals surface area (Å²) in [5.41, 5.74) is 5.67. The lowest BCUT2D eigenvalue weighted by atomic mass is 10.2. The molecular formula is C10H11ClN2OS. The third kappa shape index (κ3) is 2.59. The lowest BCUT2D eigenvalue weighted by molar-refractivity contribution is 0.501. The van der Waals surface area contributed by atoms with E-state index in [1.807, 2.05) is 19.1 Å².